The van der Waals surface area contributed by atoms with Gasteiger partial charge in [-0.15, -0.1) is 0 Å². The number of alkyl halides is 3. The Morgan fingerprint density at radius 1 is 0.923 bits per heavy atom. The fourth-order valence-electron chi connectivity index (χ4n) is 3.18. The highest BCUT2D eigenvalue weighted by atomic mass is 32.2. The van der Waals surface area contributed by atoms with Crippen LogP contribution in [0.1, 0.15) is 36.0 Å². The van der Waals surface area contributed by atoms with Crippen molar-refractivity contribution in [2.75, 3.05) is 0 Å². The maximum atomic E-state index is 14.1. The Balaban J connectivity index is 2.09. The van der Waals surface area contributed by atoms with E-state index in [-0.39, 0.29) is 0 Å². The van der Waals surface area contributed by atoms with Gasteiger partial charge in [0.1, 0.15) is 10.7 Å². The van der Waals surface area contributed by atoms with Crippen LogP contribution in [-0.4, -0.2) is 8.42 Å². The molecule has 0 radical (unpaired) electrons. The third-order valence-corrected chi connectivity index (χ3v) is 5.29. The van der Waals surface area contributed by atoms with Gasteiger partial charge >= 0.3 is 6.18 Å². The molecule has 3 rings (SSSR count). The van der Waals surface area contributed by atoms with Crippen molar-refractivity contribution in [2.24, 2.45) is 5.14 Å². The molecule has 8 heteroatoms. The van der Waals surface area contributed by atoms with Crippen molar-refractivity contribution in [3.63, 3.8) is 0 Å². The van der Waals surface area contributed by atoms with Crippen LogP contribution in [-0.2, 0) is 16.2 Å². The number of halogens is 4. The summed E-state index contributed by atoms with van der Waals surface area (Å²) in [5, 5.41) is 4.95. The molecule has 0 saturated heterocycles. The summed E-state index contributed by atoms with van der Waals surface area (Å²) in [5.41, 5.74) is 1.55. The minimum Gasteiger partial charge on any atom is -0.225 e. The van der Waals surface area contributed by atoms with E-state index >= 15 is 0 Å². The Labute approximate surface area is 148 Å². The number of primary sulfonamides is 1. The summed E-state index contributed by atoms with van der Waals surface area (Å²) in [6.45, 7) is 0. The van der Waals surface area contributed by atoms with Crippen LogP contribution in [0.3, 0.4) is 0 Å². The van der Waals surface area contributed by atoms with Gasteiger partial charge in [-0.2, -0.15) is 13.2 Å². The van der Waals surface area contributed by atoms with E-state index in [1.165, 1.54) is 12.1 Å². The minimum absolute atomic E-state index is 0.434. The summed E-state index contributed by atoms with van der Waals surface area (Å²) in [6, 6.07) is 8.58. The van der Waals surface area contributed by atoms with Crippen molar-refractivity contribution in [1.29, 1.82) is 0 Å². The third-order valence-electron chi connectivity index (χ3n) is 4.34. The van der Waals surface area contributed by atoms with Gasteiger partial charge in [0.15, 0.2) is 0 Å². The molecule has 0 aliphatic heterocycles. The molecule has 2 aromatic rings. The summed E-state index contributed by atoms with van der Waals surface area (Å²) < 4.78 is 75.6. The predicted molar refractivity (Wildman–Crippen MR) is 89.9 cm³/mol. The maximum absolute atomic E-state index is 14.1. The predicted octanol–water partition coefficient (Wildman–Crippen LogP) is 4.59. The lowest BCUT2D eigenvalue weighted by Crippen LogP contribution is -2.14. The highest BCUT2D eigenvalue weighted by Crippen LogP contribution is 2.41. The van der Waals surface area contributed by atoms with Crippen molar-refractivity contribution in [2.45, 2.75) is 30.3 Å². The molecule has 2 N–H and O–H groups in total. The number of nitrogens with two attached hydrogens (primary N) is 1. The molecule has 0 saturated carbocycles. The summed E-state index contributed by atoms with van der Waals surface area (Å²) >= 11 is 0. The molecular weight excluding hydrogens is 370 g/mol. The Morgan fingerprint density at radius 3 is 2.08 bits per heavy atom. The summed E-state index contributed by atoms with van der Waals surface area (Å²) in [6.07, 6.45) is -2.59. The van der Waals surface area contributed by atoms with Crippen LogP contribution < -0.4 is 5.14 Å². The second-order valence-corrected chi connectivity index (χ2v) is 7.61. The molecule has 0 amide bonds. The average Bonchev–Trinajstić information content (AvgIpc) is 3.02. The van der Waals surface area contributed by atoms with E-state index in [9.17, 15) is 26.0 Å². The van der Waals surface area contributed by atoms with E-state index in [0.717, 1.165) is 30.7 Å². The van der Waals surface area contributed by atoms with E-state index in [2.05, 4.69) is 0 Å². The molecule has 2 aromatic carbocycles. The van der Waals surface area contributed by atoms with E-state index < -0.39 is 32.5 Å². The van der Waals surface area contributed by atoms with Crippen LogP contribution in [0.25, 0.3) is 11.1 Å². The normalized spacial score (nSPS) is 15.6. The maximum Gasteiger partial charge on any atom is 0.416 e. The molecule has 0 heterocycles. The van der Waals surface area contributed by atoms with Gasteiger partial charge in [0.25, 0.3) is 0 Å². The lowest BCUT2D eigenvalue weighted by molar-refractivity contribution is -0.137. The first kappa shape index (κ1) is 18.6. The molecule has 0 aromatic heterocycles. The molecule has 3 nitrogen and oxygen atoms in total. The Morgan fingerprint density at radius 2 is 1.54 bits per heavy atom. The van der Waals surface area contributed by atoms with Gasteiger partial charge in [0.2, 0.25) is 10.0 Å². The van der Waals surface area contributed by atoms with Gasteiger partial charge in [-0.3, -0.25) is 0 Å². The van der Waals surface area contributed by atoms with Crippen molar-refractivity contribution in [1.82, 2.24) is 0 Å². The van der Waals surface area contributed by atoms with Gasteiger partial charge in [-0.05, 0) is 65.8 Å². The van der Waals surface area contributed by atoms with E-state index in [1.807, 2.05) is 0 Å². The van der Waals surface area contributed by atoms with Crippen molar-refractivity contribution >= 4 is 21.2 Å². The lowest BCUT2D eigenvalue weighted by atomic mass is 9.96. The molecule has 0 unspecified atom stereocenters. The molecule has 1 aliphatic carbocycles. The molecule has 0 spiro atoms. The molecule has 138 valence electrons. The van der Waals surface area contributed by atoms with Crippen LogP contribution in [0.2, 0.25) is 0 Å². The smallest absolute Gasteiger partial charge is 0.225 e. The number of hydrogen-bond donors (Lipinski definition) is 1. The van der Waals surface area contributed by atoms with Crippen molar-refractivity contribution in [3.05, 3.63) is 65.0 Å². The Kier molecular flexibility index (Phi) is 4.66. The topological polar surface area (TPSA) is 60.2 Å². The number of benzene rings is 2. The summed E-state index contributed by atoms with van der Waals surface area (Å²) in [7, 11) is -4.18. The monoisotopic (exact) mass is 385 g/mol. The highest BCUT2D eigenvalue weighted by molar-refractivity contribution is 7.89. The second kappa shape index (κ2) is 6.51. The first-order valence-electron chi connectivity index (χ1n) is 7.80. The summed E-state index contributed by atoms with van der Waals surface area (Å²) in [5.74, 6) is -0.979. The zero-order valence-electron chi connectivity index (χ0n) is 13.5. The SMILES string of the molecule is NS(=O)(=O)c1ccc(C2=C(c3cccc(C(F)(F)F)c3)CCC2)cc1F. The lowest BCUT2D eigenvalue weighted by Gasteiger charge is -2.12. The van der Waals surface area contributed by atoms with Crippen LogP contribution in [0.15, 0.2) is 47.4 Å². The van der Waals surface area contributed by atoms with Gasteiger partial charge in [-0.1, -0.05) is 18.2 Å². The second-order valence-electron chi connectivity index (χ2n) is 6.08. The van der Waals surface area contributed by atoms with E-state index in [0.29, 0.717) is 35.1 Å². The first-order chi connectivity index (χ1) is 12.1. The highest BCUT2D eigenvalue weighted by Gasteiger charge is 2.31. The third kappa shape index (κ3) is 3.66. The largest absolute Gasteiger partial charge is 0.416 e. The van der Waals surface area contributed by atoms with Crippen LogP contribution in [0.5, 0.6) is 0 Å². The fraction of sp³-hybridized carbons (Fsp3) is 0.222. The van der Waals surface area contributed by atoms with Crippen molar-refractivity contribution < 1.29 is 26.0 Å². The molecule has 0 fully saturated rings. The van der Waals surface area contributed by atoms with Gasteiger partial charge in [0.05, 0.1) is 5.56 Å². The number of hydrogen-bond acceptors (Lipinski definition) is 2. The quantitative estimate of drug-likeness (QED) is 0.786. The minimum atomic E-state index is -4.45. The number of sulfonamides is 1. The Bertz CT molecular complexity index is 994. The van der Waals surface area contributed by atoms with Gasteiger partial charge < -0.3 is 0 Å². The van der Waals surface area contributed by atoms with Crippen LogP contribution in [0, 0.1) is 5.82 Å². The van der Waals surface area contributed by atoms with Gasteiger partial charge in [0, 0.05) is 0 Å². The zero-order valence-corrected chi connectivity index (χ0v) is 14.3. The van der Waals surface area contributed by atoms with Crippen LogP contribution in [0.4, 0.5) is 17.6 Å². The molecule has 26 heavy (non-hydrogen) atoms. The number of rotatable bonds is 3. The summed E-state index contributed by atoms with van der Waals surface area (Å²) in [4.78, 5) is -0.611. The molecular formula is C18H15F4NO2S. The molecule has 0 bridgehead atoms. The molecule has 1 aliphatic rings. The van der Waals surface area contributed by atoms with E-state index in [1.54, 1.807) is 6.07 Å². The van der Waals surface area contributed by atoms with E-state index in [4.69, 9.17) is 5.14 Å². The van der Waals surface area contributed by atoms with Crippen molar-refractivity contribution in [3.8, 4) is 0 Å². The zero-order chi connectivity index (χ0) is 19.1. The molecule has 0 atom stereocenters. The fourth-order valence-corrected chi connectivity index (χ4v) is 3.77. The number of allylic oxidation sites excluding steroid dienone is 2. The van der Waals surface area contributed by atoms with Crippen LogP contribution >= 0.6 is 0 Å². The Hall–Kier alpha value is -2.19. The standard InChI is InChI=1S/C18H15F4NO2S/c19-16-10-12(7-8-17(16)26(23,24)25)15-6-2-5-14(15)11-3-1-4-13(9-11)18(20,21)22/h1,3-4,7-10H,2,5-6H2,(H2,23,24,25). The average molecular weight is 385 g/mol. The van der Waals surface area contributed by atoms with Gasteiger partial charge in [-0.25, -0.2) is 17.9 Å². The first-order valence-corrected chi connectivity index (χ1v) is 9.34.